The van der Waals surface area contributed by atoms with Crippen molar-refractivity contribution >= 4 is 23.2 Å². The van der Waals surface area contributed by atoms with Crippen LogP contribution >= 0.6 is 0 Å². The molecule has 0 radical (unpaired) electrons. The molecule has 0 atom stereocenters. The van der Waals surface area contributed by atoms with Gasteiger partial charge >= 0.3 is 11.8 Å². The molecular formula is C20H17N3O4. The van der Waals surface area contributed by atoms with Crippen LogP contribution in [0.2, 0.25) is 0 Å². The summed E-state index contributed by atoms with van der Waals surface area (Å²) in [6.45, 7) is 0. The molecule has 0 spiro atoms. The maximum Gasteiger partial charge on any atom is 0.314 e. The monoisotopic (exact) mass is 363 g/mol. The number of benzene rings is 2. The topological polar surface area (TPSA) is 89.5 Å². The van der Waals surface area contributed by atoms with Crippen LogP contribution in [0.15, 0.2) is 73.1 Å². The molecule has 2 aromatic carbocycles. The van der Waals surface area contributed by atoms with E-state index in [-0.39, 0.29) is 0 Å². The summed E-state index contributed by atoms with van der Waals surface area (Å²) in [5.74, 6) is 0.132. The van der Waals surface area contributed by atoms with E-state index in [1.54, 1.807) is 73.1 Å². The zero-order chi connectivity index (χ0) is 19.1. The quantitative estimate of drug-likeness (QED) is 0.678. The lowest BCUT2D eigenvalue weighted by Crippen LogP contribution is -2.29. The Labute approximate surface area is 156 Å². The molecule has 0 aliphatic heterocycles. The van der Waals surface area contributed by atoms with Gasteiger partial charge in [-0.2, -0.15) is 0 Å². The highest BCUT2D eigenvalue weighted by molar-refractivity contribution is 6.43. The van der Waals surface area contributed by atoms with E-state index in [4.69, 9.17) is 9.47 Å². The molecule has 2 amide bonds. The molecule has 0 aliphatic carbocycles. The first-order valence-electron chi connectivity index (χ1n) is 8.09. The van der Waals surface area contributed by atoms with Crippen LogP contribution in [0, 0.1) is 0 Å². The van der Waals surface area contributed by atoms with Crippen LogP contribution in [-0.4, -0.2) is 23.9 Å². The fourth-order valence-corrected chi connectivity index (χ4v) is 2.26. The summed E-state index contributed by atoms with van der Waals surface area (Å²) in [6.07, 6.45) is 3.26. The number of nitrogens with one attached hydrogen (secondary N) is 2. The molecule has 7 heteroatoms. The van der Waals surface area contributed by atoms with E-state index in [2.05, 4.69) is 15.6 Å². The molecule has 2 N–H and O–H groups in total. The lowest BCUT2D eigenvalue weighted by molar-refractivity contribution is -0.133. The Morgan fingerprint density at radius 1 is 0.815 bits per heavy atom. The number of rotatable bonds is 5. The molecule has 136 valence electrons. The Morgan fingerprint density at radius 2 is 1.44 bits per heavy atom. The molecule has 0 saturated heterocycles. The average molecular weight is 363 g/mol. The number of para-hydroxylation sites is 2. The number of hydrogen-bond acceptors (Lipinski definition) is 5. The lowest BCUT2D eigenvalue weighted by Gasteiger charge is -2.10. The number of aromatic nitrogens is 1. The first-order valence-corrected chi connectivity index (χ1v) is 8.09. The Balaban J connectivity index is 1.59. The van der Waals surface area contributed by atoms with Crippen molar-refractivity contribution in [3.8, 4) is 17.2 Å². The van der Waals surface area contributed by atoms with Gasteiger partial charge in [-0.15, -0.1) is 0 Å². The molecular weight excluding hydrogens is 346 g/mol. The van der Waals surface area contributed by atoms with Crippen LogP contribution in [0.1, 0.15) is 0 Å². The maximum absolute atomic E-state index is 12.1. The van der Waals surface area contributed by atoms with Gasteiger partial charge in [-0.1, -0.05) is 12.1 Å². The van der Waals surface area contributed by atoms with Gasteiger partial charge < -0.3 is 20.1 Å². The third kappa shape index (κ3) is 4.82. The van der Waals surface area contributed by atoms with E-state index < -0.39 is 11.8 Å². The third-order valence-electron chi connectivity index (χ3n) is 3.56. The second-order valence-corrected chi connectivity index (χ2v) is 5.42. The summed E-state index contributed by atoms with van der Waals surface area (Å²) < 4.78 is 10.8. The Hall–Kier alpha value is -3.87. The summed E-state index contributed by atoms with van der Waals surface area (Å²) >= 11 is 0. The minimum atomic E-state index is -0.795. The van der Waals surface area contributed by atoms with Crippen molar-refractivity contribution in [2.45, 2.75) is 0 Å². The highest BCUT2D eigenvalue weighted by atomic mass is 16.5. The lowest BCUT2D eigenvalue weighted by atomic mass is 10.2. The van der Waals surface area contributed by atoms with Gasteiger partial charge in [0.2, 0.25) is 0 Å². The van der Waals surface area contributed by atoms with Crippen LogP contribution in [0.5, 0.6) is 17.2 Å². The van der Waals surface area contributed by atoms with E-state index in [0.29, 0.717) is 28.6 Å². The van der Waals surface area contributed by atoms with Crippen molar-refractivity contribution in [1.29, 1.82) is 0 Å². The van der Waals surface area contributed by atoms with Crippen molar-refractivity contribution < 1.29 is 19.1 Å². The number of carbonyl (C=O) groups is 2. The Bertz CT molecular complexity index is 927. The van der Waals surface area contributed by atoms with E-state index in [1.807, 2.05) is 0 Å². The number of nitrogens with zero attached hydrogens (tertiary/aromatic N) is 1. The number of carbonyl (C=O) groups excluding carboxylic acids is 2. The molecule has 27 heavy (non-hydrogen) atoms. The van der Waals surface area contributed by atoms with Crippen LogP contribution < -0.4 is 20.1 Å². The van der Waals surface area contributed by atoms with E-state index >= 15 is 0 Å². The molecule has 3 aromatic rings. The van der Waals surface area contributed by atoms with Crippen LogP contribution in [0.25, 0.3) is 0 Å². The predicted octanol–water partition coefficient (Wildman–Crippen LogP) is 3.46. The number of pyridine rings is 1. The molecule has 7 nitrogen and oxygen atoms in total. The van der Waals surface area contributed by atoms with Gasteiger partial charge in [0, 0.05) is 18.1 Å². The number of ether oxygens (including phenoxy) is 2. The largest absolute Gasteiger partial charge is 0.495 e. The minimum Gasteiger partial charge on any atom is -0.495 e. The third-order valence-corrected chi connectivity index (χ3v) is 3.56. The van der Waals surface area contributed by atoms with Gasteiger partial charge in [0.15, 0.2) is 0 Å². The van der Waals surface area contributed by atoms with Gasteiger partial charge in [0.25, 0.3) is 0 Å². The van der Waals surface area contributed by atoms with Crippen LogP contribution in [-0.2, 0) is 9.59 Å². The summed E-state index contributed by atoms with van der Waals surface area (Å²) in [6, 6.07) is 17.0. The number of methoxy groups -OCH3 is 1. The highest BCUT2D eigenvalue weighted by Gasteiger charge is 2.16. The molecule has 0 saturated carbocycles. The molecule has 0 bridgehead atoms. The predicted molar refractivity (Wildman–Crippen MR) is 101 cm³/mol. The molecule has 0 aliphatic rings. The Kier molecular flexibility index (Phi) is 5.64. The highest BCUT2D eigenvalue weighted by Crippen LogP contribution is 2.24. The minimum absolute atomic E-state index is 0.418. The maximum atomic E-state index is 12.1. The number of anilines is 2. The Morgan fingerprint density at radius 3 is 2.15 bits per heavy atom. The van der Waals surface area contributed by atoms with Crippen molar-refractivity contribution in [2.75, 3.05) is 17.7 Å². The fourth-order valence-electron chi connectivity index (χ4n) is 2.26. The second kappa shape index (κ2) is 8.48. The summed E-state index contributed by atoms with van der Waals surface area (Å²) in [5.41, 5.74) is 0.888. The normalized spacial score (nSPS) is 9.96. The van der Waals surface area contributed by atoms with Gasteiger partial charge in [0.05, 0.1) is 12.8 Å². The molecule has 3 rings (SSSR count). The van der Waals surface area contributed by atoms with Crippen LogP contribution in [0.3, 0.4) is 0 Å². The fraction of sp³-hybridized carbons (Fsp3) is 0.0500. The molecule has 1 aromatic heterocycles. The number of amides is 2. The molecule has 0 fully saturated rings. The SMILES string of the molecule is COc1ccccc1NC(=O)C(=O)Nc1ccc(Oc2ccncc2)cc1. The first-order chi connectivity index (χ1) is 13.2. The van der Waals surface area contributed by atoms with Gasteiger partial charge in [-0.05, 0) is 48.5 Å². The summed E-state index contributed by atoms with van der Waals surface area (Å²) in [4.78, 5) is 28.1. The van der Waals surface area contributed by atoms with Gasteiger partial charge in [0.1, 0.15) is 17.2 Å². The van der Waals surface area contributed by atoms with Gasteiger partial charge in [-0.25, -0.2) is 0 Å². The van der Waals surface area contributed by atoms with Crippen molar-refractivity contribution in [3.63, 3.8) is 0 Å². The summed E-state index contributed by atoms with van der Waals surface area (Å²) in [7, 11) is 1.49. The zero-order valence-corrected chi connectivity index (χ0v) is 14.5. The zero-order valence-electron chi connectivity index (χ0n) is 14.5. The number of hydrogen-bond donors (Lipinski definition) is 2. The van der Waals surface area contributed by atoms with Crippen molar-refractivity contribution in [3.05, 3.63) is 73.1 Å². The van der Waals surface area contributed by atoms with E-state index in [9.17, 15) is 9.59 Å². The standard InChI is InChI=1S/C20H17N3O4/c1-26-18-5-3-2-4-17(18)23-20(25)19(24)22-14-6-8-15(9-7-14)27-16-10-12-21-13-11-16/h2-13H,1H3,(H,22,24)(H,23,25). The van der Waals surface area contributed by atoms with E-state index in [1.165, 1.54) is 7.11 Å². The smallest absolute Gasteiger partial charge is 0.314 e. The van der Waals surface area contributed by atoms with Crippen molar-refractivity contribution in [2.24, 2.45) is 0 Å². The second-order valence-electron chi connectivity index (χ2n) is 5.42. The van der Waals surface area contributed by atoms with Crippen molar-refractivity contribution in [1.82, 2.24) is 4.98 Å². The first kappa shape index (κ1) is 17.9. The summed E-state index contributed by atoms with van der Waals surface area (Å²) in [5, 5.41) is 5.05. The molecule has 0 unspecified atom stereocenters. The molecule has 1 heterocycles. The van der Waals surface area contributed by atoms with E-state index in [0.717, 1.165) is 0 Å². The van der Waals surface area contributed by atoms with Gasteiger partial charge in [-0.3, -0.25) is 14.6 Å². The average Bonchev–Trinajstić information content (AvgIpc) is 2.70. The van der Waals surface area contributed by atoms with Crippen LogP contribution in [0.4, 0.5) is 11.4 Å².